The number of allylic oxidation sites excluding steroid dienone is 1. The van der Waals surface area contributed by atoms with E-state index >= 15 is 0 Å². The van der Waals surface area contributed by atoms with Crippen molar-refractivity contribution in [1.29, 1.82) is 0 Å². The molecule has 1 saturated carbocycles. The fourth-order valence-electron chi connectivity index (χ4n) is 4.08. The fraction of sp³-hybridized carbons (Fsp3) is 0.522. The minimum atomic E-state index is -0.418. The molecule has 5 nitrogen and oxygen atoms in total. The SMILES string of the molecule is CCCOc1ccccc1[C@@H]1C(C(=O)OC(C)C)=C(C)N=C2CCCC(=O)C21. The molecule has 1 aromatic rings. The standard InChI is InChI=1S/C23H29NO4/c1-5-13-27-19-12-7-6-9-16(19)21-20(23(26)28-14(2)3)15(4)24-17-10-8-11-18(25)22(17)21/h6-7,9,12,14,21-22H,5,8,10-11,13H2,1-4H3/t21-,22?/m1/s1. The summed E-state index contributed by atoms with van der Waals surface area (Å²) < 4.78 is 11.5. The normalized spacial score (nSPS) is 22.0. The van der Waals surface area contributed by atoms with E-state index in [4.69, 9.17) is 9.47 Å². The second kappa shape index (κ2) is 8.72. The second-order valence-electron chi connectivity index (χ2n) is 7.72. The minimum absolute atomic E-state index is 0.141. The molecule has 5 heteroatoms. The van der Waals surface area contributed by atoms with E-state index in [1.807, 2.05) is 52.0 Å². The van der Waals surface area contributed by atoms with Gasteiger partial charge in [0.1, 0.15) is 11.5 Å². The maximum absolute atomic E-state index is 13.0. The van der Waals surface area contributed by atoms with Crippen LogP contribution in [-0.4, -0.2) is 30.2 Å². The summed E-state index contributed by atoms with van der Waals surface area (Å²) in [6, 6.07) is 7.70. The third-order valence-corrected chi connectivity index (χ3v) is 5.19. The number of carbonyl (C=O) groups excluding carboxylic acids is 2. The first-order valence-corrected chi connectivity index (χ1v) is 10.2. The highest BCUT2D eigenvalue weighted by Crippen LogP contribution is 2.45. The van der Waals surface area contributed by atoms with Crippen LogP contribution in [0.3, 0.4) is 0 Å². The Balaban J connectivity index is 2.14. The summed E-state index contributed by atoms with van der Waals surface area (Å²) in [6.07, 6.45) is 2.75. The Morgan fingerprint density at radius 2 is 1.96 bits per heavy atom. The molecule has 1 unspecified atom stereocenters. The average molecular weight is 383 g/mol. The Hall–Kier alpha value is -2.43. The third kappa shape index (κ3) is 4.03. The zero-order chi connectivity index (χ0) is 20.3. The fourth-order valence-corrected chi connectivity index (χ4v) is 4.08. The highest BCUT2D eigenvalue weighted by atomic mass is 16.5. The Kier molecular flexibility index (Phi) is 6.32. The van der Waals surface area contributed by atoms with Gasteiger partial charge in [-0.3, -0.25) is 9.79 Å². The van der Waals surface area contributed by atoms with Crippen LogP contribution in [0.15, 0.2) is 40.5 Å². The number of aliphatic imine (C=N–C) groups is 1. The van der Waals surface area contributed by atoms with Crippen LogP contribution in [0.1, 0.15) is 64.9 Å². The lowest BCUT2D eigenvalue weighted by atomic mass is 9.69. The number of benzene rings is 1. The lowest BCUT2D eigenvalue weighted by Crippen LogP contribution is -2.39. The predicted octanol–water partition coefficient (Wildman–Crippen LogP) is 4.61. The van der Waals surface area contributed by atoms with Crippen LogP contribution in [0.4, 0.5) is 0 Å². The average Bonchev–Trinajstić information content (AvgIpc) is 2.65. The topological polar surface area (TPSA) is 65.0 Å². The molecule has 1 heterocycles. The number of ketones is 1. The lowest BCUT2D eigenvalue weighted by molar-refractivity contribution is -0.143. The first-order chi connectivity index (χ1) is 13.4. The molecule has 28 heavy (non-hydrogen) atoms. The molecule has 0 saturated heterocycles. The van der Waals surface area contributed by atoms with E-state index in [0.717, 1.165) is 36.3 Å². The monoisotopic (exact) mass is 383 g/mol. The minimum Gasteiger partial charge on any atom is -0.493 e. The molecule has 3 rings (SSSR count). The van der Waals surface area contributed by atoms with Gasteiger partial charge in [0.05, 0.1) is 24.2 Å². The zero-order valence-electron chi connectivity index (χ0n) is 17.2. The molecule has 0 amide bonds. The van der Waals surface area contributed by atoms with Crippen molar-refractivity contribution >= 4 is 17.5 Å². The molecule has 1 fully saturated rings. The number of esters is 1. The summed E-state index contributed by atoms with van der Waals surface area (Å²) >= 11 is 0. The molecular formula is C23H29NO4. The number of ether oxygens (including phenoxy) is 2. The van der Waals surface area contributed by atoms with E-state index in [0.29, 0.717) is 24.3 Å². The maximum atomic E-state index is 13.0. The van der Waals surface area contributed by atoms with Crippen molar-refractivity contribution in [1.82, 2.24) is 0 Å². The van der Waals surface area contributed by atoms with Gasteiger partial charge in [0, 0.05) is 29.3 Å². The first-order valence-electron chi connectivity index (χ1n) is 10.2. The van der Waals surface area contributed by atoms with Gasteiger partial charge in [0.25, 0.3) is 0 Å². The number of carbonyl (C=O) groups is 2. The molecule has 2 aliphatic rings. The molecular weight excluding hydrogens is 354 g/mol. The van der Waals surface area contributed by atoms with Crippen LogP contribution >= 0.6 is 0 Å². The van der Waals surface area contributed by atoms with Crippen LogP contribution < -0.4 is 4.74 Å². The molecule has 150 valence electrons. The molecule has 0 aromatic heterocycles. The summed E-state index contributed by atoms with van der Waals surface area (Å²) in [5.41, 5.74) is 2.86. The summed E-state index contributed by atoms with van der Waals surface area (Å²) in [4.78, 5) is 30.6. The van der Waals surface area contributed by atoms with E-state index in [1.165, 1.54) is 0 Å². The van der Waals surface area contributed by atoms with Crippen LogP contribution in [0.5, 0.6) is 5.75 Å². The van der Waals surface area contributed by atoms with Crippen molar-refractivity contribution in [2.24, 2.45) is 10.9 Å². The van der Waals surface area contributed by atoms with E-state index in [-0.39, 0.29) is 11.9 Å². The molecule has 1 aliphatic heterocycles. The summed E-state index contributed by atoms with van der Waals surface area (Å²) in [6.45, 7) is 8.11. The van der Waals surface area contributed by atoms with Gasteiger partial charge in [-0.15, -0.1) is 0 Å². The number of para-hydroxylation sites is 1. The van der Waals surface area contributed by atoms with Gasteiger partial charge in [-0.25, -0.2) is 4.79 Å². The van der Waals surface area contributed by atoms with Gasteiger partial charge in [0.15, 0.2) is 0 Å². The first kappa shape index (κ1) is 20.3. The summed E-state index contributed by atoms with van der Waals surface area (Å²) in [7, 11) is 0. The van der Waals surface area contributed by atoms with Crippen molar-refractivity contribution in [3.63, 3.8) is 0 Å². The van der Waals surface area contributed by atoms with Crippen molar-refractivity contribution in [3.05, 3.63) is 41.1 Å². The van der Waals surface area contributed by atoms with Gasteiger partial charge in [-0.1, -0.05) is 25.1 Å². The van der Waals surface area contributed by atoms with Crippen molar-refractivity contribution in [2.75, 3.05) is 6.61 Å². The molecule has 0 spiro atoms. The van der Waals surface area contributed by atoms with Gasteiger partial charge >= 0.3 is 5.97 Å². The summed E-state index contributed by atoms with van der Waals surface area (Å²) in [5.74, 6) is -0.374. The van der Waals surface area contributed by atoms with Crippen LogP contribution in [0.25, 0.3) is 0 Å². The van der Waals surface area contributed by atoms with Gasteiger partial charge in [-0.2, -0.15) is 0 Å². The Bertz CT molecular complexity index is 822. The van der Waals surface area contributed by atoms with Gasteiger partial charge in [0.2, 0.25) is 0 Å². The van der Waals surface area contributed by atoms with Crippen molar-refractivity contribution in [3.8, 4) is 5.75 Å². The van der Waals surface area contributed by atoms with E-state index in [2.05, 4.69) is 4.99 Å². The van der Waals surface area contributed by atoms with Crippen LogP contribution in [0.2, 0.25) is 0 Å². The van der Waals surface area contributed by atoms with Crippen molar-refractivity contribution < 1.29 is 19.1 Å². The Morgan fingerprint density at radius 1 is 1.21 bits per heavy atom. The number of Topliss-reactive ketones (excluding diaryl/α,β-unsaturated/α-hetero) is 1. The van der Waals surface area contributed by atoms with E-state index < -0.39 is 17.8 Å². The Labute approximate surface area is 166 Å². The molecule has 1 aromatic carbocycles. The highest BCUT2D eigenvalue weighted by molar-refractivity contribution is 6.11. The van der Waals surface area contributed by atoms with Crippen LogP contribution in [-0.2, 0) is 14.3 Å². The van der Waals surface area contributed by atoms with Gasteiger partial charge < -0.3 is 9.47 Å². The van der Waals surface area contributed by atoms with E-state index in [1.54, 1.807) is 0 Å². The number of rotatable bonds is 6. The quantitative estimate of drug-likeness (QED) is 0.673. The maximum Gasteiger partial charge on any atom is 0.336 e. The molecule has 2 atom stereocenters. The largest absolute Gasteiger partial charge is 0.493 e. The highest BCUT2D eigenvalue weighted by Gasteiger charge is 2.44. The van der Waals surface area contributed by atoms with E-state index in [9.17, 15) is 9.59 Å². The molecule has 0 N–H and O–H groups in total. The zero-order valence-corrected chi connectivity index (χ0v) is 17.2. The number of nitrogens with zero attached hydrogens (tertiary/aromatic N) is 1. The summed E-state index contributed by atoms with van der Waals surface area (Å²) in [5, 5.41) is 0. The molecule has 1 aliphatic carbocycles. The lowest BCUT2D eigenvalue weighted by Gasteiger charge is -2.36. The Morgan fingerprint density at radius 3 is 2.68 bits per heavy atom. The smallest absolute Gasteiger partial charge is 0.336 e. The number of fused-ring (bicyclic) bond motifs is 1. The third-order valence-electron chi connectivity index (χ3n) is 5.19. The molecule has 0 bridgehead atoms. The number of hydrogen-bond acceptors (Lipinski definition) is 5. The van der Waals surface area contributed by atoms with Crippen molar-refractivity contribution in [2.45, 2.75) is 65.4 Å². The molecule has 0 radical (unpaired) electrons. The predicted molar refractivity (Wildman–Crippen MR) is 109 cm³/mol. The number of hydrogen-bond donors (Lipinski definition) is 0. The van der Waals surface area contributed by atoms with Crippen LogP contribution in [0, 0.1) is 5.92 Å². The second-order valence-corrected chi connectivity index (χ2v) is 7.72. The van der Waals surface area contributed by atoms with Gasteiger partial charge in [-0.05, 0) is 46.1 Å².